The Bertz CT molecular complexity index is 1140. The molecular formula is C27H30N4O. The van der Waals surface area contributed by atoms with Gasteiger partial charge in [0.1, 0.15) is 0 Å². The van der Waals surface area contributed by atoms with E-state index in [9.17, 15) is 4.79 Å². The van der Waals surface area contributed by atoms with Crippen LogP contribution in [0.2, 0.25) is 0 Å². The molecule has 2 aliphatic carbocycles. The highest BCUT2D eigenvalue weighted by molar-refractivity contribution is 5.95. The summed E-state index contributed by atoms with van der Waals surface area (Å²) in [5.41, 5.74) is 6.71. The monoisotopic (exact) mass is 426 g/mol. The van der Waals surface area contributed by atoms with Gasteiger partial charge in [0.25, 0.3) is 5.91 Å². The minimum Gasteiger partial charge on any atom is -0.336 e. The van der Waals surface area contributed by atoms with Gasteiger partial charge in [-0.2, -0.15) is 5.10 Å². The molecule has 0 radical (unpaired) electrons. The van der Waals surface area contributed by atoms with Crippen molar-refractivity contribution in [1.29, 1.82) is 0 Å². The lowest BCUT2D eigenvalue weighted by atomic mass is 10.0. The number of amides is 1. The number of nitrogens with zero attached hydrogens (tertiary/aromatic N) is 3. The van der Waals surface area contributed by atoms with Gasteiger partial charge in [-0.1, -0.05) is 56.2 Å². The molecule has 1 aliphatic heterocycles. The fourth-order valence-electron chi connectivity index (χ4n) is 4.49. The first-order valence-corrected chi connectivity index (χ1v) is 11.3. The van der Waals surface area contributed by atoms with Gasteiger partial charge in [0.15, 0.2) is 5.69 Å². The molecule has 1 N–H and O–H groups in total. The van der Waals surface area contributed by atoms with Crippen molar-refractivity contribution in [2.24, 2.45) is 0 Å². The maximum Gasteiger partial charge on any atom is 0.274 e. The average molecular weight is 427 g/mol. The number of aromatic amines is 1. The van der Waals surface area contributed by atoms with Crippen LogP contribution in [0.1, 0.15) is 41.9 Å². The van der Waals surface area contributed by atoms with Crippen molar-refractivity contribution in [3.63, 3.8) is 0 Å². The number of carbonyl (C=O) groups excluding carboxylic acids is 1. The number of hydrogen-bond donors (Lipinski definition) is 1. The maximum absolute atomic E-state index is 13.0. The third kappa shape index (κ3) is 4.32. The Morgan fingerprint density at radius 2 is 1.91 bits per heavy atom. The molecule has 5 nitrogen and oxygen atoms in total. The van der Waals surface area contributed by atoms with Crippen molar-refractivity contribution >= 4 is 5.91 Å². The summed E-state index contributed by atoms with van der Waals surface area (Å²) in [6.07, 6.45) is 6.63. The van der Waals surface area contributed by atoms with Crippen molar-refractivity contribution in [1.82, 2.24) is 20.0 Å². The molecule has 5 heteroatoms. The van der Waals surface area contributed by atoms with E-state index in [-0.39, 0.29) is 5.91 Å². The number of likely N-dealkylation sites (tertiary alicyclic amines) is 1. The highest BCUT2D eigenvalue weighted by atomic mass is 16.2. The SMILES string of the molecule is C#Cc1ccccc1-c1[nH]nc(C(=O)N2CCC(N(CC)CC)C2)c1C.c1cc2cc-2c1. The standard InChI is InChI=1S/C21H26N4O.C6H4/c1-5-16-10-8-9-11-18(16)19-15(4)20(23-22-19)21(26)25-13-12-17(14-25)24(6-2)7-3;1-2-5-4-6(5)3-1/h1,8-11,17H,6-7,12-14H2,2-4H3,(H,22,23);1-4H. The molecule has 1 saturated heterocycles. The van der Waals surface area contributed by atoms with Gasteiger partial charge in [-0.3, -0.25) is 14.8 Å². The fraction of sp³-hybridized carbons (Fsp3) is 0.333. The summed E-state index contributed by atoms with van der Waals surface area (Å²) in [5, 5.41) is 7.35. The summed E-state index contributed by atoms with van der Waals surface area (Å²) in [7, 11) is 0. The maximum atomic E-state index is 13.0. The molecule has 2 heterocycles. The molecule has 1 amide bonds. The Morgan fingerprint density at radius 3 is 2.50 bits per heavy atom. The lowest BCUT2D eigenvalue weighted by Gasteiger charge is -2.26. The number of terminal acetylenes is 1. The minimum atomic E-state index is -0.00200. The number of aromatic nitrogens is 2. The largest absolute Gasteiger partial charge is 0.336 e. The van der Waals surface area contributed by atoms with Crippen LogP contribution in [0.15, 0.2) is 48.5 Å². The molecule has 3 aliphatic rings. The van der Waals surface area contributed by atoms with E-state index in [2.05, 4.69) is 59.1 Å². The van der Waals surface area contributed by atoms with E-state index in [1.54, 1.807) is 0 Å². The molecule has 5 rings (SSSR count). The first kappa shape index (κ1) is 21.9. The topological polar surface area (TPSA) is 52.2 Å². The van der Waals surface area contributed by atoms with Crippen LogP contribution in [0.3, 0.4) is 0 Å². The van der Waals surface area contributed by atoms with E-state index in [1.807, 2.05) is 36.1 Å². The second-order valence-electron chi connectivity index (χ2n) is 8.26. The predicted octanol–water partition coefficient (Wildman–Crippen LogP) is 4.59. The molecule has 0 saturated carbocycles. The van der Waals surface area contributed by atoms with Gasteiger partial charge in [0.05, 0.1) is 5.69 Å². The van der Waals surface area contributed by atoms with Crippen LogP contribution in [0.25, 0.3) is 22.4 Å². The van der Waals surface area contributed by atoms with Crippen molar-refractivity contribution in [2.45, 2.75) is 33.2 Å². The fourth-order valence-corrected chi connectivity index (χ4v) is 4.49. The molecule has 32 heavy (non-hydrogen) atoms. The predicted molar refractivity (Wildman–Crippen MR) is 129 cm³/mol. The average Bonchev–Trinajstić information content (AvgIpc) is 3.20. The van der Waals surface area contributed by atoms with Crippen LogP contribution in [0.5, 0.6) is 0 Å². The normalized spacial score (nSPS) is 15.8. The Balaban J connectivity index is 0.000000346. The number of nitrogens with one attached hydrogen (secondary N) is 1. The number of hydrogen-bond acceptors (Lipinski definition) is 3. The van der Waals surface area contributed by atoms with E-state index >= 15 is 0 Å². The minimum absolute atomic E-state index is 0.00200. The highest BCUT2D eigenvalue weighted by Crippen LogP contribution is 2.32. The Labute approximate surface area is 190 Å². The summed E-state index contributed by atoms with van der Waals surface area (Å²) in [6, 6.07) is 16.6. The lowest BCUT2D eigenvalue weighted by Crippen LogP contribution is -2.38. The van der Waals surface area contributed by atoms with Crippen molar-refractivity contribution in [3.8, 4) is 34.7 Å². The Kier molecular flexibility index (Phi) is 6.43. The lowest BCUT2D eigenvalue weighted by molar-refractivity contribution is 0.0771. The number of likely N-dealkylation sites (N-methyl/N-ethyl adjacent to an activating group) is 1. The summed E-state index contributed by atoms with van der Waals surface area (Å²) in [5.74, 6) is 2.70. The summed E-state index contributed by atoms with van der Waals surface area (Å²) in [6.45, 7) is 9.83. The molecule has 1 atom stereocenters. The molecule has 0 bridgehead atoms. The highest BCUT2D eigenvalue weighted by Gasteiger charge is 2.32. The van der Waals surface area contributed by atoms with Crippen molar-refractivity contribution in [3.05, 3.63) is 65.4 Å². The van der Waals surface area contributed by atoms with Gasteiger partial charge in [-0.25, -0.2) is 0 Å². The van der Waals surface area contributed by atoms with Crippen LogP contribution in [0.4, 0.5) is 0 Å². The third-order valence-electron chi connectivity index (χ3n) is 6.46. The Hall–Kier alpha value is -3.36. The first-order valence-electron chi connectivity index (χ1n) is 11.3. The zero-order chi connectivity index (χ0) is 22.7. The van der Waals surface area contributed by atoms with E-state index in [0.29, 0.717) is 11.7 Å². The first-order chi connectivity index (χ1) is 15.6. The number of carbonyl (C=O) groups is 1. The van der Waals surface area contributed by atoms with Gasteiger partial charge in [-0.05, 0) is 49.7 Å². The summed E-state index contributed by atoms with van der Waals surface area (Å²) in [4.78, 5) is 17.3. The van der Waals surface area contributed by atoms with E-state index < -0.39 is 0 Å². The van der Waals surface area contributed by atoms with E-state index in [4.69, 9.17) is 6.42 Å². The van der Waals surface area contributed by atoms with E-state index in [1.165, 1.54) is 11.1 Å². The van der Waals surface area contributed by atoms with Crippen LogP contribution in [0, 0.1) is 19.3 Å². The second-order valence-corrected chi connectivity index (χ2v) is 8.26. The number of H-pyrrole nitrogens is 1. The van der Waals surface area contributed by atoms with Crippen LogP contribution in [-0.2, 0) is 0 Å². The Morgan fingerprint density at radius 1 is 1.19 bits per heavy atom. The molecular weight excluding hydrogens is 396 g/mol. The molecule has 1 aromatic heterocycles. The quantitative estimate of drug-likeness (QED) is 0.475. The molecule has 0 spiro atoms. The molecule has 1 unspecified atom stereocenters. The summed E-state index contributed by atoms with van der Waals surface area (Å²) < 4.78 is 0. The van der Waals surface area contributed by atoms with Gasteiger partial charge >= 0.3 is 0 Å². The number of benzene rings is 2. The van der Waals surface area contributed by atoms with Crippen LogP contribution >= 0.6 is 0 Å². The number of fused-ring (bicyclic) bond motifs is 1. The van der Waals surface area contributed by atoms with E-state index in [0.717, 1.165) is 55.0 Å². The van der Waals surface area contributed by atoms with Crippen LogP contribution in [-0.4, -0.2) is 58.1 Å². The van der Waals surface area contributed by atoms with Crippen molar-refractivity contribution < 1.29 is 4.79 Å². The molecule has 1 aromatic carbocycles. The third-order valence-corrected chi connectivity index (χ3v) is 6.46. The van der Waals surface area contributed by atoms with Crippen LogP contribution < -0.4 is 0 Å². The van der Waals surface area contributed by atoms with Crippen molar-refractivity contribution in [2.75, 3.05) is 26.2 Å². The zero-order valence-electron chi connectivity index (χ0n) is 19.1. The summed E-state index contributed by atoms with van der Waals surface area (Å²) >= 11 is 0. The zero-order valence-corrected chi connectivity index (χ0v) is 19.1. The van der Waals surface area contributed by atoms with Gasteiger partial charge in [-0.15, -0.1) is 6.42 Å². The van der Waals surface area contributed by atoms with Gasteiger partial charge < -0.3 is 4.90 Å². The molecule has 1 fully saturated rings. The smallest absolute Gasteiger partial charge is 0.274 e. The van der Waals surface area contributed by atoms with Gasteiger partial charge in [0, 0.05) is 35.8 Å². The molecule has 2 aromatic rings. The second kappa shape index (κ2) is 9.42. The number of rotatable bonds is 5. The molecule has 164 valence electrons. The van der Waals surface area contributed by atoms with Gasteiger partial charge in [0.2, 0.25) is 0 Å².